The Morgan fingerprint density at radius 2 is 1.63 bits per heavy atom. The maximum absolute atomic E-state index is 13.1. The number of rotatable bonds is 5. The molecule has 0 aromatic heterocycles. The summed E-state index contributed by atoms with van der Waals surface area (Å²) in [6.07, 6.45) is -0.138. The van der Waals surface area contributed by atoms with Gasteiger partial charge in [0.2, 0.25) is 0 Å². The maximum atomic E-state index is 13.1. The number of benzene rings is 1. The average Bonchev–Trinajstić information content (AvgIpc) is 2.20. The van der Waals surface area contributed by atoms with E-state index >= 15 is 0 Å². The lowest BCUT2D eigenvalue weighted by molar-refractivity contribution is 0.138. The van der Waals surface area contributed by atoms with Crippen molar-refractivity contribution >= 4 is 0 Å². The molecule has 1 rings (SSSR count). The van der Waals surface area contributed by atoms with Gasteiger partial charge >= 0.3 is 0 Å². The van der Waals surface area contributed by atoms with Crippen LogP contribution in [-0.2, 0) is 0 Å². The molecule has 0 saturated carbocycles. The Morgan fingerprint density at radius 3 is 2.05 bits per heavy atom. The molecule has 0 spiro atoms. The van der Waals surface area contributed by atoms with Gasteiger partial charge < -0.3 is 10.1 Å². The number of nitrogens with one attached hydrogen (secondary N) is 1. The van der Waals surface area contributed by atoms with Crippen molar-refractivity contribution in [1.82, 2.24) is 5.32 Å². The molecule has 4 heteroatoms. The summed E-state index contributed by atoms with van der Waals surface area (Å²) in [6.45, 7) is 10.8. The van der Waals surface area contributed by atoms with Crippen LogP contribution in [0, 0.1) is 17.6 Å². The highest BCUT2D eigenvalue weighted by Gasteiger charge is 2.19. The van der Waals surface area contributed by atoms with E-state index in [1.807, 2.05) is 13.8 Å². The molecule has 0 radical (unpaired) electrons. The molecule has 0 saturated heterocycles. The summed E-state index contributed by atoms with van der Waals surface area (Å²) < 4.78 is 31.9. The summed E-state index contributed by atoms with van der Waals surface area (Å²) >= 11 is 0. The Labute approximate surface area is 114 Å². The fourth-order valence-corrected chi connectivity index (χ4v) is 1.59. The zero-order valence-corrected chi connectivity index (χ0v) is 12.3. The number of hydrogen-bond donors (Lipinski definition) is 1. The Hall–Kier alpha value is -1.16. The quantitative estimate of drug-likeness (QED) is 0.880. The minimum atomic E-state index is -0.624. The first-order chi connectivity index (χ1) is 8.67. The first-order valence-corrected chi connectivity index (χ1v) is 6.55. The number of ether oxygens (including phenoxy) is 1. The molecular weight excluding hydrogens is 248 g/mol. The first-order valence-electron chi connectivity index (χ1n) is 6.55. The molecule has 0 bridgehead atoms. The fraction of sp³-hybridized carbons (Fsp3) is 0.600. The molecule has 1 aromatic carbocycles. The van der Waals surface area contributed by atoms with Gasteiger partial charge in [-0.15, -0.1) is 0 Å². The molecular formula is C15H23F2NO. The minimum Gasteiger partial charge on any atom is -0.489 e. The van der Waals surface area contributed by atoms with Gasteiger partial charge in [-0.2, -0.15) is 0 Å². The third kappa shape index (κ3) is 6.01. The summed E-state index contributed by atoms with van der Waals surface area (Å²) in [7, 11) is 0. The highest BCUT2D eigenvalue weighted by atomic mass is 19.1. The molecule has 0 aliphatic heterocycles. The molecule has 1 aromatic rings. The van der Waals surface area contributed by atoms with Crippen molar-refractivity contribution in [2.75, 3.05) is 6.54 Å². The van der Waals surface area contributed by atoms with E-state index < -0.39 is 11.6 Å². The van der Waals surface area contributed by atoms with Crippen LogP contribution in [0.5, 0.6) is 5.75 Å². The van der Waals surface area contributed by atoms with E-state index in [9.17, 15) is 8.78 Å². The van der Waals surface area contributed by atoms with E-state index in [-0.39, 0.29) is 23.3 Å². The van der Waals surface area contributed by atoms with Crippen LogP contribution in [0.1, 0.15) is 34.6 Å². The summed E-state index contributed by atoms with van der Waals surface area (Å²) in [6, 6.07) is 3.25. The van der Waals surface area contributed by atoms with Gasteiger partial charge in [0, 0.05) is 30.3 Å². The third-order valence-electron chi connectivity index (χ3n) is 2.70. The highest BCUT2D eigenvalue weighted by molar-refractivity contribution is 5.24. The second-order valence-electron chi connectivity index (χ2n) is 6.14. The molecule has 1 unspecified atom stereocenters. The monoisotopic (exact) mass is 271 g/mol. The summed E-state index contributed by atoms with van der Waals surface area (Å²) in [5.41, 5.74) is -0.0241. The zero-order chi connectivity index (χ0) is 14.6. The Kier molecular flexibility index (Phi) is 5.29. The minimum absolute atomic E-state index is 0.0241. The van der Waals surface area contributed by atoms with Gasteiger partial charge in [0.05, 0.1) is 0 Å². The topological polar surface area (TPSA) is 21.3 Å². The van der Waals surface area contributed by atoms with Crippen LogP contribution >= 0.6 is 0 Å². The van der Waals surface area contributed by atoms with Crippen LogP contribution < -0.4 is 10.1 Å². The predicted molar refractivity (Wildman–Crippen MR) is 73.4 cm³/mol. The molecule has 0 aliphatic carbocycles. The van der Waals surface area contributed by atoms with Crippen LogP contribution in [0.4, 0.5) is 8.78 Å². The third-order valence-corrected chi connectivity index (χ3v) is 2.70. The SMILES string of the molecule is CC(C)C(CNC(C)(C)C)Oc1cc(F)cc(F)c1. The average molecular weight is 271 g/mol. The van der Waals surface area contributed by atoms with Gasteiger partial charge in [-0.05, 0) is 26.7 Å². The van der Waals surface area contributed by atoms with E-state index in [1.54, 1.807) is 0 Å². The van der Waals surface area contributed by atoms with E-state index in [2.05, 4.69) is 26.1 Å². The molecule has 0 amide bonds. The second-order valence-corrected chi connectivity index (χ2v) is 6.14. The van der Waals surface area contributed by atoms with E-state index in [0.29, 0.717) is 6.54 Å². The normalized spacial score (nSPS) is 13.7. The van der Waals surface area contributed by atoms with Crippen molar-refractivity contribution < 1.29 is 13.5 Å². The number of hydrogen-bond acceptors (Lipinski definition) is 2. The van der Waals surface area contributed by atoms with E-state index in [1.165, 1.54) is 12.1 Å². The molecule has 0 aliphatic rings. The Bertz CT molecular complexity index is 393. The predicted octanol–water partition coefficient (Wildman–Crippen LogP) is 3.76. The fourth-order valence-electron chi connectivity index (χ4n) is 1.59. The van der Waals surface area contributed by atoms with Crippen LogP contribution in [-0.4, -0.2) is 18.2 Å². The first kappa shape index (κ1) is 15.9. The molecule has 19 heavy (non-hydrogen) atoms. The van der Waals surface area contributed by atoms with Gasteiger partial charge in [0.15, 0.2) is 0 Å². The lowest BCUT2D eigenvalue weighted by Gasteiger charge is -2.28. The second kappa shape index (κ2) is 6.33. The van der Waals surface area contributed by atoms with Crippen molar-refractivity contribution in [2.24, 2.45) is 5.92 Å². The zero-order valence-electron chi connectivity index (χ0n) is 12.3. The Balaban J connectivity index is 2.72. The molecule has 1 N–H and O–H groups in total. The van der Waals surface area contributed by atoms with Crippen molar-refractivity contribution in [1.29, 1.82) is 0 Å². The highest BCUT2D eigenvalue weighted by Crippen LogP contribution is 2.19. The van der Waals surface area contributed by atoms with Gasteiger partial charge in [-0.3, -0.25) is 0 Å². The van der Waals surface area contributed by atoms with Crippen LogP contribution in [0.15, 0.2) is 18.2 Å². The van der Waals surface area contributed by atoms with Gasteiger partial charge in [0.1, 0.15) is 23.5 Å². The summed E-state index contributed by atoms with van der Waals surface area (Å²) in [5.74, 6) is -0.782. The van der Waals surface area contributed by atoms with E-state index in [4.69, 9.17) is 4.74 Å². The molecule has 0 heterocycles. The lowest BCUT2D eigenvalue weighted by Crippen LogP contribution is -2.44. The smallest absolute Gasteiger partial charge is 0.129 e. The van der Waals surface area contributed by atoms with Crippen LogP contribution in [0.2, 0.25) is 0 Å². The number of halogens is 2. The van der Waals surface area contributed by atoms with E-state index in [0.717, 1.165) is 6.07 Å². The van der Waals surface area contributed by atoms with Gasteiger partial charge in [0.25, 0.3) is 0 Å². The Morgan fingerprint density at radius 1 is 1.11 bits per heavy atom. The van der Waals surface area contributed by atoms with Crippen molar-refractivity contribution in [3.05, 3.63) is 29.8 Å². The summed E-state index contributed by atoms with van der Waals surface area (Å²) in [5, 5.41) is 3.34. The molecule has 1 atom stereocenters. The van der Waals surface area contributed by atoms with Crippen LogP contribution in [0.25, 0.3) is 0 Å². The molecule has 2 nitrogen and oxygen atoms in total. The maximum Gasteiger partial charge on any atom is 0.129 e. The van der Waals surface area contributed by atoms with Gasteiger partial charge in [-0.1, -0.05) is 13.8 Å². The van der Waals surface area contributed by atoms with Gasteiger partial charge in [-0.25, -0.2) is 8.78 Å². The van der Waals surface area contributed by atoms with Crippen LogP contribution in [0.3, 0.4) is 0 Å². The largest absolute Gasteiger partial charge is 0.489 e. The molecule has 0 fully saturated rings. The van der Waals surface area contributed by atoms with Crippen molar-refractivity contribution in [2.45, 2.75) is 46.3 Å². The standard InChI is InChI=1S/C15H23F2NO/c1-10(2)14(9-18-15(3,4)5)19-13-7-11(16)6-12(17)8-13/h6-8,10,14,18H,9H2,1-5H3. The van der Waals surface area contributed by atoms with Crippen molar-refractivity contribution in [3.8, 4) is 5.75 Å². The molecule has 108 valence electrons. The summed E-state index contributed by atoms with van der Waals surface area (Å²) in [4.78, 5) is 0. The van der Waals surface area contributed by atoms with Crippen molar-refractivity contribution in [3.63, 3.8) is 0 Å². The lowest BCUT2D eigenvalue weighted by atomic mass is 10.0.